The minimum absolute atomic E-state index is 0.0778. The van der Waals surface area contributed by atoms with Gasteiger partial charge in [0.1, 0.15) is 11.6 Å². The van der Waals surface area contributed by atoms with Crippen LogP contribution in [0.3, 0.4) is 0 Å². The fourth-order valence-electron chi connectivity index (χ4n) is 4.47. The molecule has 7 heteroatoms. The quantitative estimate of drug-likeness (QED) is 0.743. The van der Waals surface area contributed by atoms with Crippen LogP contribution in [-0.2, 0) is 16.1 Å². The van der Waals surface area contributed by atoms with E-state index in [0.717, 1.165) is 48.8 Å². The zero-order valence-corrected chi connectivity index (χ0v) is 18.6. The average molecular weight is 422 g/mol. The second-order valence-corrected chi connectivity index (χ2v) is 8.84. The van der Waals surface area contributed by atoms with Crippen LogP contribution in [0.1, 0.15) is 55.1 Å². The third kappa shape index (κ3) is 4.86. The molecule has 31 heavy (non-hydrogen) atoms. The summed E-state index contributed by atoms with van der Waals surface area (Å²) in [6.45, 7) is 4.44. The first kappa shape index (κ1) is 21.3. The van der Waals surface area contributed by atoms with Crippen molar-refractivity contribution in [3.8, 4) is 0 Å². The highest BCUT2D eigenvalue weighted by molar-refractivity contribution is 5.79. The number of hydrogen-bond donors (Lipinski definition) is 0. The third-order valence-electron chi connectivity index (χ3n) is 6.36. The first-order valence-electron chi connectivity index (χ1n) is 11.0. The number of rotatable bonds is 5. The molecule has 4 rings (SSSR count). The van der Waals surface area contributed by atoms with Crippen molar-refractivity contribution in [2.24, 2.45) is 0 Å². The highest BCUT2D eigenvalue weighted by Crippen LogP contribution is 2.32. The van der Waals surface area contributed by atoms with Crippen LogP contribution in [-0.4, -0.2) is 65.3 Å². The molecule has 2 aromatic rings. The van der Waals surface area contributed by atoms with E-state index >= 15 is 0 Å². The van der Waals surface area contributed by atoms with Crippen molar-refractivity contribution in [3.05, 3.63) is 53.5 Å². The zero-order chi connectivity index (χ0) is 22.0. The molecular weight excluding hydrogens is 390 g/mol. The summed E-state index contributed by atoms with van der Waals surface area (Å²) in [5, 5.41) is 0. The molecule has 0 aliphatic carbocycles. The Kier molecular flexibility index (Phi) is 6.20. The lowest BCUT2D eigenvalue weighted by atomic mass is 9.95. The normalized spacial score (nSPS) is 19.7. The predicted octanol–water partition coefficient (Wildman–Crippen LogP) is 2.78. The molecule has 0 saturated carbocycles. The SMILES string of the molecule is CC(=O)N1CCC(c2nc([C@@H]3CC(=O)N(Cc4ccccc4)C3)cc(N(C)C)n2)CC1. The number of benzene rings is 1. The van der Waals surface area contributed by atoms with Crippen molar-refractivity contribution in [2.75, 3.05) is 38.6 Å². The van der Waals surface area contributed by atoms with Crippen molar-refractivity contribution in [1.82, 2.24) is 19.8 Å². The molecule has 0 radical (unpaired) electrons. The Labute approximate surface area is 184 Å². The van der Waals surface area contributed by atoms with E-state index in [2.05, 4.69) is 12.1 Å². The van der Waals surface area contributed by atoms with E-state index in [-0.39, 0.29) is 23.7 Å². The molecule has 2 aliphatic heterocycles. The number of carbonyl (C=O) groups is 2. The summed E-state index contributed by atoms with van der Waals surface area (Å²) in [5.41, 5.74) is 2.10. The molecule has 2 fully saturated rings. The molecule has 2 amide bonds. The van der Waals surface area contributed by atoms with Gasteiger partial charge in [0.2, 0.25) is 11.8 Å². The van der Waals surface area contributed by atoms with Crippen LogP contribution >= 0.6 is 0 Å². The number of aromatic nitrogens is 2. The van der Waals surface area contributed by atoms with Gasteiger partial charge in [-0.25, -0.2) is 9.97 Å². The minimum atomic E-state index is 0.0778. The second kappa shape index (κ2) is 9.04. The Morgan fingerprint density at radius 1 is 1.10 bits per heavy atom. The Hall–Kier alpha value is -2.96. The number of nitrogens with zero attached hydrogens (tertiary/aromatic N) is 5. The fraction of sp³-hybridized carbons (Fsp3) is 0.500. The highest BCUT2D eigenvalue weighted by Gasteiger charge is 2.33. The first-order valence-corrected chi connectivity index (χ1v) is 11.0. The zero-order valence-electron chi connectivity index (χ0n) is 18.6. The van der Waals surface area contributed by atoms with E-state index in [4.69, 9.17) is 9.97 Å². The lowest BCUT2D eigenvalue weighted by Crippen LogP contribution is -2.36. The maximum atomic E-state index is 12.7. The van der Waals surface area contributed by atoms with Gasteiger partial charge >= 0.3 is 0 Å². The topological polar surface area (TPSA) is 69.6 Å². The van der Waals surface area contributed by atoms with E-state index in [1.54, 1.807) is 6.92 Å². The van der Waals surface area contributed by atoms with E-state index in [1.807, 2.05) is 53.1 Å². The summed E-state index contributed by atoms with van der Waals surface area (Å²) in [5.74, 6) is 2.35. The molecule has 0 spiro atoms. The van der Waals surface area contributed by atoms with Crippen molar-refractivity contribution in [2.45, 2.75) is 44.6 Å². The van der Waals surface area contributed by atoms with Gasteiger partial charge in [0.05, 0.1) is 5.69 Å². The summed E-state index contributed by atoms with van der Waals surface area (Å²) in [7, 11) is 3.96. The van der Waals surface area contributed by atoms with Crippen LogP contribution < -0.4 is 4.90 Å². The molecule has 1 aromatic carbocycles. The summed E-state index contributed by atoms with van der Waals surface area (Å²) in [6, 6.07) is 12.1. The number of likely N-dealkylation sites (tertiary alicyclic amines) is 2. The number of amides is 2. The highest BCUT2D eigenvalue weighted by atomic mass is 16.2. The Morgan fingerprint density at radius 3 is 2.45 bits per heavy atom. The van der Waals surface area contributed by atoms with Crippen LogP contribution in [0.5, 0.6) is 0 Å². The summed E-state index contributed by atoms with van der Waals surface area (Å²) in [6.07, 6.45) is 2.23. The van der Waals surface area contributed by atoms with Crippen LogP contribution in [0.2, 0.25) is 0 Å². The summed E-state index contributed by atoms with van der Waals surface area (Å²) < 4.78 is 0. The van der Waals surface area contributed by atoms with Crippen molar-refractivity contribution in [3.63, 3.8) is 0 Å². The van der Waals surface area contributed by atoms with Crippen LogP contribution in [0.25, 0.3) is 0 Å². The number of carbonyl (C=O) groups excluding carboxylic acids is 2. The predicted molar refractivity (Wildman–Crippen MR) is 120 cm³/mol. The monoisotopic (exact) mass is 421 g/mol. The third-order valence-corrected chi connectivity index (χ3v) is 6.36. The van der Waals surface area contributed by atoms with Crippen LogP contribution in [0, 0.1) is 0 Å². The van der Waals surface area contributed by atoms with E-state index in [9.17, 15) is 9.59 Å². The lowest BCUT2D eigenvalue weighted by Gasteiger charge is -2.31. The Morgan fingerprint density at radius 2 is 1.81 bits per heavy atom. The van der Waals surface area contributed by atoms with Crippen molar-refractivity contribution < 1.29 is 9.59 Å². The first-order chi connectivity index (χ1) is 14.9. The largest absolute Gasteiger partial charge is 0.363 e. The molecule has 1 aromatic heterocycles. The molecule has 164 valence electrons. The lowest BCUT2D eigenvalue weighted by molar-refractivity contribution is -0.130. The number of hydrogen-bond acceptors (Lipinski definition) is 5. The maximum Gasteiger partial charge on any atom is 0.223 e. The average Bonchev–Trinajstić information content (AvgIpc) is 3.14. The molecule has 2 aliphatic rings. The number of piperidine rings is 1. The Balaban J connectivity index is 1.53. The van der Waals surface area contributed by atoms with E-state index < -0.39 is 0 Å². The van der Waals surface area contributed by atoms with Gasteiger partial charge in [-0.05, 0) is 18.4 Å². The minimum Gasteiger partial charge on any atom is -0.363 e. The van der Waals surface area contributed by atoms with Gasteiger partial charge in [-0.15, -0.1) is 0 Å². The van der Waals surface area contributed by atoms with Gasteiger partial charge < -0.3 is 14.7 Å². The molecule has 3 heterocycles. The smallest absolute Gasteiger partial charge is 0.223 e. The van der Waals surface area contributed by atoms with Gasteiger partial charge in [0.15, 0.2) is 0 Å². The second-order valence-electron chi connectivity index (χ2n) is 8.84. The summed E-state index contributed by atoms with van der Waals surface area (Å²) >= 11 is 0. The van der Waals surface area contributed by atoms with E-state index in [1.165, 1.54) is 0 Å². The molecular formula is C24H31N5O2. The van der Waals surface area contributed by atoms with Crippen LogP contribution in [0.4, 0.5) is 5.82 Å². The van der Waals surface area contributed by atoms with Gasteiger partial charge in [0, 0.05) is 71.5 Å². The molecule has 7 nitrogen and oxygen atoms in total. The van der Waals surface area contributed by atoms with Crippen molar-refractivity contribution in [1.29, 1.82) is 0 Å². The standard InChI is InChI=1S/C24H31N5O2/c1-17(30)28-11-9-19(10-12-28)24-25-21(14-22(26-24)27(2)3)20-13-23(31)29(16-20)15-18-7-5-4-6-8-18/h4-8,14,19-20H,9-13,15-16H2,1-3H3/t20-/m1/s1. The Bertz CT molecular complexity index is 938. The molecule has 0 unspecified atom stereocenters. The van der Waals surface area contributed by atoms with E-state index in [0.29, 0.717) is 19.5 Å². The summed E-state index contributed by atoms with van der Waals surface area (Å²) in [4.78, 5) is 39.9. The molecule has 1 atom stereocenters. The van der Waals surface area contributed by atoms with Gasteiger partial charge in [0.25, 0.3) is 0 Å². The van der Waals surface area contributed by atoms with Crippen molar-refractivity contribution >= 4 is 17.6 Å². The van der Waals surface area contributed by atoms with Crippen LogP contribution in [0.15, 0.2) is 36.4 Å². The van der Waals surface area contributed by atoms with Gasteiger partial charge in [-0.2, -0.15) is 0 Å². The molecule has 2 saturated heterocycles. The van der Waals surface area contributed by atoms with Gasteiger partial charge in [-0.3, -0.25) is 9.59 Å². The van der Waals surface area contributed by atoms with Gasteiger partial charge in [-0.1, -0.05) is 30.3 Å². The molecule has 0 bridgehead atoms. The molecule has 0 N–H and O–H groups in total. The fourth-order valence-corrected chi connectivity index (χ4v) is 4.47. The maximum absolute atomic E-state index is 12.7. The number of anilines is 1.